The Bertz CT molecular complexity index is 762. The minimum Gasteiger partial charge on any atom is -0.489 e. The Kier molecular flexibility index (Phi) is 8.19. The maximum Gasteiger partial charge on any atom is 0.139 e. The quantitative estimate of drug-likeness (QED) is 0.698. The predicted molar refractivity (Wildman–Crippen MR) is 116 cm³/mol. The molecule has 1 fully saturated rings. The summed E-state index contributed by atoms with van der Waals surface area (Å²) in [6.07, 6.45) is 3.80. The first-order valence-corrected chi connectivity index (χ1v) is 10.3. The second kappa shape index (κ2) is 10.8. The fourth-order valence-corrected chi connectivity index (χ4v) is 3.52. The van der Waals surface area contributed by atoms with Crippen LogP contribution in [0.5, 0.6) is 5.75 Å². The number of hydrogen-bond donors (Lipinski definition) is 1. The molecule has 1 N–H and O–H groups in total. The monoisotopic (exact) mass is 420 g/mol. The van der Waals surface area contributed by atoms with Gasteiger partial charge >= 0.3 is 0 Å². The largest absolute Gasteiger partial charge is 0.489 e. The fraction of sp³-hybridized carbons (Fsp3) is 0.364. The first-order chi connectivity index (χ1) is 13.6. The third-order valence-electron chi connectivity index (χ3n) is 4.73. The van der Waals surface area contributed by atoms with Crippen molar-refractivity contribution < 1.29 is 9.84 Å². The molecule has 1 atom stereocenters. The molecule has 0 saturated carbocycles. The number of nitrogens with zero attached hydrogens (tertiary/aromatic N) is 2. The highest BCUT2D eigenvalue weighted by molar-refractivity contribution is 6.34. The molecule has 6 heteroatoms. The Morgan fingerprint density at radius 2 is 1.71 bits per heavy atom. The van der Waals surface area contributed by atoms with Gasteiger partial charge < -0.3 is 9.84 Å². The second-order valence-electron chi connectivity index (χ2n) is 6.95. The number of halogens is 2. The molecule has 1 heterocycles. The van der Waals surface area contributed by atoms with Gasteiger partial charge in [0.2, 0.25) is 0 Å². The number of piperazine rings is 1. The number of rotatable bonds is 8. The number of aliphatic hydroxyl groups excluding tert-OH is 1. The first kappa shape index (κ1) is 21.2. The van der Waals surface area contributed by atoms with Gasteiger partial charge in [0.15, 0.2) is 0 Å². The van der Waals surface area contributed by atoms with Crippen LogP contribution < -0.4 is 4.74 Å². The molecule has 3 rings (SSSR count). The summed E-state index contributed by atoms with van der Waals surface area (Å²) >= 11 is 12.0. The molecular formula is C22H26Cl2N2O2. The van der Waals surface area contributed by atoms with Gasteiger partial charge in [0, 0.05) is 50.4 Å². The van der Waals surface area contributed by atoms with E-state index in [-0.39, 0.29) is 6.61 Å². The highest BCUT2D eigenvalue weighted by Crippen LogP contribution is 2.27. The van der Waals surface area contributed by atoms with E-state index in [1.165, 1.54) is 5.56 Å². The van der Waals surface area contributed by atoms with Crippen LogP contribution in [0.25, 0.3) is 6.08 Å². The topological polar surface area (TPSA) is 35.9 Å². The molecule has 2 aromatic rings. The summed E-state index contributed by atoms with van der Waals surface area (Å²) in [5.74, 6) is 0.503. The van der Waals surface area contributed by atoms with Crippen LogP contribution in [0, 0.1) is 0 Å². The predicted octanol–water partition coefficient (Wildman–Crippen LogP) is 4.06. The maximum absolute atomic E-state index is 10.3. The Morgan fingerprint density at radius 1 is 1.00 bits per heavy atom. The molecule has 0 amide bonds. The van der Waals surface area contributed by atoms with Crippen LogP contribution in [-0.4, -0.2) is 66.9 Å². The Labute approximate surface area is 176 Å². The lowest BCUT2D eigenvalue weighted by Gasteiger charge is -2.35. The van der Waals surface area contributed by atoms with Gasteiger partial charge in [-0.2, -0.15) is 0 Å². The van der Waals surface area contributed by atoms with Crippen molar-refractivity contribution in [3.8, 4) is 5.75 Å². The van der Waals surface area contributed by atoms with E-state index in [2.05, 4.69) is 34.1 Å². The fourth-order valence-electron chi connectivity index (χ4n) is 3.18. The van der Waals surface area contributed by atoms with Crippen LogP contribution in [0.1, 0.15) is 5.56 Å². The SMILES string of the molecule is OC(COc1cc(Cl)ccc1Cl)CN1CCN(CC=Cc2ccccc2)CC1. The lowest BCUT2D eigenvalue weighted by Crippen LogP contribution is -2.49. The third kappa shape index (κ3) is 6.80. The summed E-state index contributed by atoms with van der Waals surface area (Å²) in [6, 6.07) is 15.4. The maximum atomic E-state index is 10.3. The van der Waals surface area contributed by atoms with Crippen LogP contribution in [0.15, 0.2) is 54.6 Å². The molecule has 0 spiro atoms. The molecule has 4 nitrogen and oxygen atoms in total. The number of hydrogen-bond acceptors (Lipinski definition) is 4. The number of ether oxygens (including phenoxy) is 1. The zero-order valence-electron chi connectivity index (χ0n) is 15.8. The van der Waals surface area contributed by atoms with E-state index in [0.717, 1.165) is 32.7 Å². The van der Waals surface area contributed by atoms with Crippen LogP contribution in [0.2, 0.25) is 10.0 Å². The average Bonchev–Trinajstić information content (AvgIpc) is 2.71. The minimum absolute atomic E-state index is 0.195. The van der Waals surface area contributed by atoms with Crippen LogP contribution in [-0.2, 0) is 0 Å². The summed E-state index contributed by atoms with van der Waals surface area (Å²) in [5, 5.41) is 11.3. The number of aliphatic hydroxyl groups is 1. The van der Waals surface area contributed by atoms with E-state index < -0.39 is 6.10 Å². The average molecular weight is 421 g/mol. The molecule has 1 saturated heterocycles. The molecule has 1 aliphatic rings. The van der Waals surface area contributed by atoms with Gasteiger partial charge in [-0.3, -0.25) is 9.80 Å². The highest BCUT2D eigenvalue weighted by atomic mass is 35.5. The van der Waals surface area contributed by atoms with Gasteiger partial charge in [0.25, 0.3) is 0 Å². The summed E-state index contributed by atoms with van der Waals surface area (Å²) in [4.78, 5) is 4.69. The Balaban J connectivity index is 1.35. The first-order valence-electron chi connectivity index (χ1n) is 9.52. The van der Waals surface area contributed by atoms with Crippen molar-refractivity contribution in [2.45, 2.75) is 6.10 Å². The third-order valence-corrected chi connectivity index (χ3v) is 5.28. The van der Waals surface area contributed by atoms with E-state index in [1.54, 1.807) is 18.2 Å². The number of benzene rings is 2. The molecule has 0 aliphatic carbocycles. The van der Waals surface area contributed by atoms with E-state index in [4.69, 9.17) is 27.9 Å². The van der Waals surface area contributed by atoms with Crippen molar-refractivity contribution in [1.29, 1.82) is 0 Å². The van der Waals surface area contributed by atoms with E-state index >= 15 is 0 Å². The van der Waals surface area contributed by atoms with Gasteiger partial charge in [-0.05, 0) is 17.7 Å². The van der Waals surface area contributed by atoms with Crippen LogP contribution >= 0.6 is 23.2 Å². The van der Waals surface area contributed by atoms with Gasteiger partial charge in [-0.25, -0.2) is 0 Å². The molecule has 0 radical (unpaired) electrons. The molecule has 1 unspecified atom stereocenters. The molecule has 2 aromatic carbocycles. The van der Waals surface area contributed by atoms with Crippen molar-refractivity contribution in [3.63, 3.8) is 0 Å². The standard InChI is InChI=1S/C22H26Cl2N2O2/c23-19-8-9-21(24)22(15-19)28-17-20(27)16-26-13-11-25(12-14-26)10-4-7-18-5-2-1-3-6-18/h1-9,15,20,27H,10-14,16-17H2. The Morgan fingerprint density at radius 3 is 2.46 bits per heavy atom. The van der Waals surface area contributed by atoms with Gasteiger partial charge in [0.1, 0.15) is 18.5 Å². The molecule has 28 heavy (non-hydrogen) atoms. The zero-order valence-corrected chi connectivity index (χ0v) is 17.3. The van der Waals surface area contributed by atoms with Crippen LogP contribution in [0.3, 0.4) is 0 Å². The molecule has 1 aliphatic heterocycles. The van der Waals surface area contributed by atoms with Gasteiger partial charge in [-0.15, -0.1) is 0 Å². The van der Waals surface area contributed by atoms with Crippen molar-refractivity contribution in [2.75, 3.05) is 45.9 Å². The lowest BCUT2D eigenvalue weighted by molar-refractivity contribution is 0.0482. The van der Waals surface area contributed by atoms with Gasteiger partial charge in [-0.1, -0.05) is 65.7 Å². The van der Waals surface area contributed by atoms with Crippen LogP contribution in [0.4, 0.5) is 0 Å². The zero-order chi connectivity index (χ0) is 19.8. The van der Waals surface area contributed by atoms with Crippen molar-refractivity contribution >= 4 is 29.3 Å². The summed E-state index contributed by atoms with van der Waals surface area (Å²) in [6.45, 7) is 5.59. The Hall–Kier alpha value is -1.56. The summed E-state index contributed by atoms with van der Waals surface area (Å²) in [7, 11) is 0. The van der Waals surface area contributed by atoms with Crippen molar-refractivity contribution in [3.05, 3.63) is 70.2 Å². The highest BCUT2D eigenvalue weighted by Gasteiger charge is 2.19. The molecule has 0 aromatic heterocycles. The lowest BCUT2D eigenvalue weighted by atomic mass is 10.2. The normalized spacial score (nSPS) is 17.1. The van der Waals surface area contributed by atoms with Crippen molar-refractivity contribution in [2.24, 2.45) is 0 Å². The molecule has 150 valence electrons. The second-order valence-corrected chi connectivity index (χ2v) is 7.80. The summed E-state index contributed by atoms with van der Waals surface area (Å²) in [5.41, 5.74) is 1.23. The van der Waals surface area contributed by atoms with E-state index in [1.807, 2.05) is 18.2 Å². The minimum atomic E-state index is -0.570. The smallest absolute Gasteiger partial charge is 0.139 e. The van der Waals surface area contributed by atoms with E-state index in [9.17, 15) is 5.11 Å². The summed E-state index contributed by atoms with van der Waals surface area (Å²) < 4.78 is 5.62. The number of β-amino-alcohol motifs (C(OH)–C–C–N with tert-alkyl or cyclic N) is 1. The van der Waals surface area contributed by atoms with E-state index in [0.29, 0.717) is 22.3 Å². The van der Waals surface area contributed by atoms with Gasteiger partial charge in [0.05, 0.1) is 5.02 Å². The molecule has 0 bridgehead atoms. The van der Waals surface area contributed by atoms with Crippen molar-refractivity contribution in [1.82, 2.24) is 9.80 Å². The molecular weight excluding hydrogens is 395 g/mol.